The number of aryl methyl sites for hydroxylation is 1. The van der Waals surface area contributed by atoms with Crippen LogP contribution in [0.2, 0.25) is 0 Å². The Bertz CT molecular complexity index is 700. The summed E-state index contributed by atoms with van der Waals surface area (Å²) in [5, 5.41) is 22.4. The minimum Gasteiger partial charge on any atom is -0.504 e. The molecular weight excluding hydrogens is 290 g/mol. The van der Waals surface area contributed by atoms with Crippen LogP contribution in [0.25, 0.3) is 0 Å². The fourth-order valence-electron chi connectivity index (χ4n) is 1.59. The molecule has 0 fully saturated rings. The molecule has 2 aromatic rings. The van der Waals surface area contributed by atoms with Crippen molar-refractivity contribution < 1.29 is 19.6 Å². The molecule has 1 amide bonds. The molecule has 8 heteroatoms. The van der Waals surface area contributed by atoms with Crippen LogP contribution in [-0.2, 0) is 4.79 Å². The normalized spacial score (nSPS) is 10.0. The van der Waals surface area contributed by atoms with Crippen LogP contribution in [0.3, 0.4) is 0 Å². The Morgan fingerprint density at radius 2 is 2.09 bits per heavy atom. The first-order chi connectivity index (χ1) is 10.5. The largest absolute Gasteiger partial charge is 0.504 e. The molecule has 0 aliphatic carbocycles. The molecule has 2 N–H and O–H groups in total. The second-order valence-electron chi connectivity index (χ2n) is 4.47. The van der Waals surface area contributed by atoms with Gasteiger partial charge >= 0.3 is 0 Å². The lowest BCUT2D eigenvalue weighted by atomic mass is 10.2. The molecule has 1 heterocycles. The lowest BCUT2D eigenvalue weighted by molar-refractivity contribution is -0.385. The molecule has 0 radical (unpaired) electrons. The van der Waals surface area contributed by atoms with Gasteiger partial charge in [-0.25, -0.2) is 4.98 Å². The van der Waals surface area contributed by atoms with Gasteiger partial charge in [-0.15, -0.1) is 0 Å². The van der Waals surface area contributed by atoms with Crippen molar-refractivity contribution in [1.82, 2.24) is 4.98 Å². The topological polar surface area (TPSA) is 115 Å². The number of amides is 1. The Morgan fingerprint density at radius 1 is 1.41 bits per heavy atom. The standard InChI is InChI=1S/C14H13N3O5/c1-9-2-4-11(5-3-9)22-8-13(19)16-14-12(18)6-10(7-15-14)17(20)21/h2-7,18H,8H2,1H3,(H,15,16,19). The Balaban J connectivity index is 1.94. The van der Waals surface area contributed by atoms with Crippen molar-refractivity contribution in [2.45, 2.75) is 6.92 Å². The Kier molecular flexibility index (Phi) is 4.52. The van der Waals surface area contributed by atoms with E-state index in [2.05, 4.69) is 10.3 Å². The van der Waals surface area contributed by atoms with Crippen LogP contribution < -0.4 is 10.1 Å². The van der Waals surface area contributed by atoms with Gasteiger partial charge in [0.05, 0.1) is 11.0 Å². The Labute approximate surface area is 125 Å². The number of aromatic nitrogens is 1. The van der Waals surface area contributed by atoms with E-state index < -0.39 is 16.6 Å². The van der Waals surface area contributed by atoms with Gasteiger partial charge in [-0.2, -0.15) is 0 Å². The third-order valence-corrected chi connectivity index (χ3v) is 2.71. The third-order valence-electron chi connectivity index (χ3n) is 2.71. The average Bonchev–Trinajstić information content (AvgIpc) is 2.48. The number of pyridine rings is 1. The molecule has 0 saturated carbocycles. The van der Waals surface area contributed by atoms with E-state index in [0.717, 1.165) is 17.8 Å². The Morgan fingerprint density at radius 3 is 2.68 bits per heavy atom. The smallest absolute Gasteiger partial charge is 0.291 e. The molecule has 1 aromatic carbocycles. The molecule has 0 bridgehead atoms. The number of nitro groups is 1. The van der Waals surface area contributed by atoms with Crippen molar-refractivity contribution >= 4 is 17.4 Å². The molecule has 0 aliphatic rings. The van der Waals surface area contributed by atoms with Crippen LogP contribution in [-0.4, -0.2) is 27.5 Å². The SMILES string of the molecule is Cc1ccc(OCC(=O)Nc2ncc([N+](=O)[O-])cc2O)cc1. The van der Waals surface area contributed by atoms with Crippen LogP contribution in [0.1, 0.15) is 5.56 Å². The molecular formula is C14H13N3O5. The van der Waals surface area contributed by atoms with Gasteiger partial charge < -0.3 is 15.2 Å². The number of carbonyl (C=O) groups is 1. The number of carbonyl (C=O) groups excluding carboxylic acids is 1. The van der Waals surface area contributed by atoms with E-state index in [1.165, 1.54) is 0 Å². The first-order valence-electron chi connectivity index (χ1n) is 6.28. The summed E-state index contributed by atoms with van der Waals surface area (Å²) in [7, 11) is 0. The molecule has 1 aromatic heterocycles. The summed E-state index contributed by atoms with van der Waals surface area (Å²) in [4.78, 5) is 25.2. The summed E-state index contributed by atoms with van der Waals surface area (Å²) in [5.41, 5.74) is 0.697. The molecule has 114 valence electrons. The fourth-order valence-corrected chi connectivity index (χ4v) is 1.59. The summed E-state index contributed by atoms with van der Waals surface area (Å²) < 4.78 is 5.27. The first kappa shape index (κ1) is 15.2. The number of aromatic hydroxyl groups is 1. The lowest BCUT2D eigenvalue weighted by Gasteiger charge is -2.08. The van der Waals surface area contributed by atoms with Crippen LogP contribution in [0.4, 0.5) is 11.5 Å². The zero-order valence-electron chi connectivity index (χ0n) is 11.6. The highest BCUT2D eigenvalue weighted by Crippen LogP contribution is 2.24. The zero-order valence-corrected chi connectivity index (χ0v) is 11.6. The zero-order chi connectivity index (χ0) is 16.1. The van der Waals surface area contributed by atoms with Crippen molar-refractivity contribution in [2.75, 3.05) is 11.9 Å². The van der Waals surface area contributed by atoms with Gasteiger partial charge in [0.25, 0.3) is 11.6 Å². The summed E-state index contributed by atoms with van der Waals surface area (Å²) >= 11 is 0. The number of nitrogens with one attached hydrogen (secondary N) is 1. The average molecular weight is 303 g/mol. The summed E-state index contributed by atoms with van der Waals surface area (Å²) in [5.74, 6) is -0.667. The van der Waals surface area contributed by atoms with Crippen molar-refractivity contribution in [2.24, 2.45) is 0 Å². The second-order valence-corrected chi connectivity index (χ2v) is 4.47. The summed E-state index contributed by atoms with van der Waals surface area (Å²) in [6, 6.07) is 8.05. The number of anilines is 1. The number of rotatable bonds is 5. The number of ether oxygens (including phenoxy) is 1. The number of benzene rings is 1. The maximum absolute atomic E-state index is 11.7. The van der Waals surface area contributed by atoms with Crippen molar-refractivity contribution in [3.8, 4) is 11.5 Å². The quantitative estimate of drug-likeness (QED) is 0.645. The van der Waals surface area contributed by atoms with Gasteiger partial charge in [-0.1, -0.05) is 17.7 Å². The van der Waals surface area contributed by atoms with Crippen LogP contribution in [0.5, 0.6) is 11.5 Å². The van der Waals surface area contributed by atoms with Gasteiger partial charge in [-0.3, -0.25) is 14.9 Å². The predicted octanol–water partition coefficient (Wildman–Crippen LogP) is 2.02. The van der Waals surface area contributed by atoms with Crippen molar-refractivity contribution in [3.05, 3.63) is 52.2 Å². The van der Waals surface area contributed by atoms with Gasteiger partial charge in [0.1, 0.15) is 11.9 Å². The molecule has 0 saturated heterocycles. The van der Waals surface area contributed by atoms with Gasteiger partial charge in [0.15, 0.2) is 18.2 Å². The highest BCUT2D eigenvalue weighted by molar-refractivity contribution is 5.92. The minimum absolute atomic E-state index is 0.164. The lowest BCUT2D eigenvalue weighted by Crippen LogP contribution is -2.20. The van der Waals surface area contributed by atoms with E-state index >= 15 is 0 Å². The molecule has 22 heavy (non-hydrogen) atoms. The van der Waals surface area contributed by atoms with E-state index in [1.54, 1.807) is 12.1 Å². The molecule has 0 aliphatic heterocycles. The van der Waals surface area contributed by atoms with E-state index in [0.29, 0.717) is 5.75 Å². The van der Waals surface area contributed by atoms with Crippen LogP contribution in [0, 0.1) is 17.0 Å². The maximum Gasteiger partial charge on any atom is 0.291 e. The highest BCUT2D eigenvalue weighted by Gasteiger charge is 2.13. The van der Waals surface area contributed by atoms with Crippen molar-refractivity contribution in [1.29, 1.82) is 0 Å². The van der Waals surface area contributed by atoms with Crippen LogP contribution >= 0.6 is 0 Å². The van der Waals surface area contributed by atoms with Gasteiger partial charge in [-0.05, 0) is 19.1 Å². The summed E-state index contributed by atoms with van der Waals surface area (Å²) in [6.07, 6.45) is 0.941. The molecule has 2 rings (SSSR count). The van der Waals surface area contributed by atoms with Crippen molar-refractivity contribution in [3.63, 3.8) is 0 Å². The number of hydrogen-bond acceptors (Lipinski definition) is 6. The predicted molar refractivity (Wildman–Crippen MR) is 77.9 cm³/mol. The van der Waals surface area contributed by atoms with E-state index in [4.69, 9.17) is 4.74 Å². The fraction of sp³-hybridized carbons (Fsp3) is 0.143. The van der Waals surface area contributed by atoms with Crippen LogP contribution in [0.15, 0.2) is 36.5 Å². The monoisotopic (exact) mass is 303 g/mol. The third kappa shape index (κ3) is 3.92. The molecule has 0 atom stereocenters. The molecule has 0 spiro atoms. The first-order valence-corrected chi connectivity index (χ1v) is 6.28. The highest BCUT2D eigenvalue weighted by atomic mass is 16.6. The minimum atomic E-state index is -0.696. The van der Waals surface area contributed by atoms with Gasteiger partial charge in [0.2, 0.25) is 0 Å². The Hall–Kier alpha value is -3.16. The van der Waals surface area contributed by atoms with Gasteiger partial charge in [0, 0.05) is 0 Å². The molecule has 0 unspecified atom stereocenters. The number of nitrogens with zero attached hydrogens (tertiary/aromatic N) is 2. The van der Waals surface area contributed by atoms with E-state index in [9.17, 15) is 20.0 Å². The van der Waals surface area contributed by atoms with E-state index in [1.807, 2.05) is 19.1 Å². The second kappa shape index (κ2) is 6.53. The molecule has 8 nitrogen and oxygen atoms in total. The summed E-state index contributed by atoms with van der Waals surface area (Å²) in [6.45, 7) is 1.65. The number of hydrogen-bond donors (Lipinski definition) is 2. The maximum atomic E-state index is 11.7. The van der Waals surface area contributed by atoms with E-state index in [-0.39, 0.29) is 18.1 Å².